The summed E-state index contributed by atoms with van der Waals surface area (Å²) in [7, 11) is -0.981. The van der Waals surface area contributed by atoms with Crippen molar-refractivity contribution < 1.29 is 51.0 Å². The Balaban J connectivity index is -0.000000270. The largest absolute Gasteiger partial charge is 3.00 e. The van der Waals surface area contributed by atoms with Crippen molar-refractivity contribution in [2.45, 2.75) is 26.1 Å². The topological polar surface area (TPSA) is 0 Å². The van der Waals surface area contributed by atoms with Gasteiger partial charge in [0, 0.05) is 0 Å². The van der Waals surface area contributed by atoms with Crippen LogP contribution in [-0.2, 0) is 26.2 Å². The van der Waals surface area contributed by atoms with Gasteiger partial charge in [-0.05, 0) is 8.07 Å². The molecule has 0 unspecified atom stereocenters. The molecule has 0 aliphatic heterocycles. The van der Waals surface area contributed by atoms with E-state index in [0.717, 1.165) is 6.42 Å². The smallest absolute Gasteiger partial charge is 1.00 e. The van der Waals surface area contributed by atoms with Crippen LogP contribution in [0.15, 0.2) is 17.3 Å². The summed E-state index contributed by atoms with van der Waals surface area (Å²) >= 11 is 0. The summed E-state index contributed by atoms with van der Waals surface area (Å²) in [6.45, 7) is 7.09. The van der Waals surface area contributed by atoms with Crippen LogP contribution in [0, 0.1) is 6.08 Å². The van der Waals surface area contributed by atoms with Crippen LogP contribution >= 0.6 is 0 Å². The molecule has 0 aromatic heterocycles. The zero-order valence-corrected chi connectivity index (χ0v) is 12.6. The standard InChI is InChI=1S/C8H13Si.2ClH.Zr/c1-9(2,3)8-6-4-5-7-8;;;/h6-7H,4H2,1-3H3;2*1H;/q-1;;;+3/p-2. The fourth-order valence-corrected chi connectivity index (χ4v) is 2.17. The third kappa shape index (κ3) is 5.75. The van der Waals surface area contributed by atoms with Crippen LogP contribution in [0.25, 0.3) is 0 Å². The fraction of sp³-hybridized carbons (Fsp3) is 0.500. The maximum atomic E-state index is 3.20. The number of allylic oxidation sites excluding steroid dienone is 4. The predicted molar refractivity (Wildman–Crippen MR) is 43.9 cm³/mol. The SMILES string of the molecule is C[Si](C)(C)C1=CC[C-]=C1.[Cl-].[Cl-].[Zr+3]. The normalized spacial score (nSPS) is 13.8. The van der Waals surface area contributed by atoms with Crippen molar-refractivity contribution in [3.8, 4) is 0 Å². The molecule has 0 atom stereocenters. The minimum Gasteiger partial charge on any atom is -1.00 e. The Morgan fingerprint density at radius 2 is 1.75 bits per heavy atom. The third-order valence-electron chi connectivity index (χ3n) is 1.56. The van der Waals surface area contributed by atoms with Crippen molar-refractivity contribution in [2.24, 2.45) is 0 Å². The van der Waals surface area contributed by atoms with E-state index in [1.165, 1.54) is 0 Å². The van der Waals surface area contributed by atoms with Gasteiger partial charge in [-0.2, -0.15) is 6.08 Å². The van der Waals surface area contributed by atoms with Gasteiger partial charge in [0.15, 0.2) is 0 Å². The molecule has 1 rings (SSSR count). The molecule has 0 aromatic rings. The predicted octanol–water partition coefficient (Wildman–Crippen LogP) is -3.44. The molecular formula is C8H13Cl2SiZr. The van der Waals surface area contributed by atoms with Crippen LogP contribution in [0.2, 0.25) is 19.6 Å². The Hall–Kier alpha value is 1.16. The summed E-state index contributed by atoms with van der Waals surface area (Å²) in [5, 5.41) is 1.56. The van der Waals surface area contributed by atoms with Crippen molar-refractivity contribution in [1.29, 1.82) is 0 Å². The number of halogens is 2. The summed E-state index contributed by atoms with van der Waals surface area (Å²) in [4.78, 5) is 0. The van der Waals surface area contributed by atoms with E-state index < -0.39 is 8.07 Å². The van der Waals surface area contributed by atoms with Crippen molar-refractivity contribution >= 4 is 8.07 Å². The van der Waals surface area contributed by atoms with Crippen molar-refractivity contribution in [2.75, 3.05) is 0 Å². The van der Waals surface area contributed by atoms with Crippen molar-refractivity contribution in [3.05, 3.63) is 23.4 Å². The summed E-state index contributed by atoms with van der Waals surface area (Å²) in [5.74, 6) is 0. The van der Waals surface area contributed by atoms with Crippen LogP contribution in [0.4, 0.5) is 0 Å². The third-order valence-corrected chi connectivity index (χ3v) is 3.64. The van der Waals surface area contributed by atoms with Gasteiger partial charge < -0.3 is 24.8 Å². The Morgan fingerprint density at radius 3 is 1.92 bits per heavy atom. The average Bonchev–Trinajstić information content (AvgIpc) is 2.08. The molecule has 1 radical (unpaired) electrons. The quantitative estimate of drug-likeness (QED) is 0.349. The minimum absolute atomic E-state index is 0. The van der Waals surface area contributed by atoms with Gasteiger partial charge in [0.25, 0.3) is 0 Å². The van der Waals surface area contributed by atoms with Gasteiger partial charge in [0.2, 0.25) is 0 Å². The Kier molecular flexibility index (Phi) is 11.9. The Morgan fingerprint density at radius 1 is 1.25 bits per heavy atom. The first-order valence-corrected chi connectivity index (χ1v) is 6.88. The van der Waals surface area contributed by atoms with Crippen LogP contribution in [0.5, 0.6) is 0 Å². The first-order chi connectivity index (χ1) is 4.11. The molecule has 0 saturated heterocycles. The molecule has 4 heteroatoms. The first-order valence-electron chi connectivity index (χ1n) is 3.38. The average molecular weight is 299 g/mol. The van der Waals surface area contributed by atoms with E-state index in [1.54, 1.807) is 5.20 Å². The van der Waals surface area contributed by atoms with Gasteiger partial charge in [-0.15, -0.1) is 6.42 Å². The van der Waals surface area contributed by atoms with E-state index in [9.17, 15) is 0 Å². The first kappa shape index (κ1) is 18.9. The summed E-state index contributed by atoms with van der Waals surface area (Å²) < 4.78 is 0. The Labute approximate surface area is 108 Å². The van der Waals surface area contributed by atoms with Crippen LogP contribution in [0.1, 0.15) is 6.42 Å². The van der Waals surface area contributed by atoms with E-state index in [1.807, 2.05) is 0 Å². The molecule has 0 spiro atoms. The van der Waals surface area contributed by atoms with Crippen molar-refractivity contribution in [1.82, 2.24) is 0 Å². The molecule has 0 nitrogen and oxygen atoms in total. The molecule has 67 valence electrons. The second-order valence-electron chi connectivity index (χ2n) is 3.46. The molecule has 0 heterocycles. The molecule has 1 aliphatic carbocycles. The van der Waals surface area contributed by atoms with Crippen LogP contribution in [0.3, 0.4) is 0 Å². The maximum Gasteiger partial charge on any atom is 3.00 e. The Bertz CT molecular complexity index is 170. The molecule has 0 N–H and O–H groups in total. The molecule has 0 amide bonds. The number of hydrogen-bond acceptors (Lipinski definition) is 0. The fourth-order valence-electron chi connectivity index (χ4n) is 0.919. The monoisotopic (exact) mass is 297 g/mol. The van der Waals surface area contributed by atoms with E-state index in [4.69, 9.17) is 0 Å². The summed E-state index contributed by atoms with van der Waals surface area (Å²) in [5.41, 5.74) is 0. The summed E-state index contributed by atoms with van der Waals surface area (Å²) in [6.07, 6.45) is 8.69. The number of rotatable bonds is 1. The van der Waals surface area contributed by atoms with E-state index in [0.29, 0.717) is 0 Å². The zero-order chi connectivity index (χ0) is 6.91. The second kappa shape index (κ2) is 7.55. The van der Waals surface area contributed by atoms with Crippen LogP contribution < -0.4 is 24.8 Å². The minimum atomic E-state index is -0.981. The van der Waals surface area contributed by atoms with Gasteiger partial charge in [-0.3, -0.25) is 6.08 Å². The van der Waals surface area contributed by atoms with E-state index in [-0.39, 0.29) is 51.0 Å². The van der Waals surface area contributed by atoms with Gasteiger partial charge in [-0.1, -0.05) is 19.6 Å². The zero-order valence-electron chi connectivity index (χ0n) is 7.62. The second-order valence-corrected chi connectivity index (χ2v) is 8.54. The molecular weight excluding hydrogens is 286 g/mol. The molecule has 1 aliphatic rings. The van der Waals surface area contributed by atoms with Crippen molar-refractivity contribution in [3.63, 3.8) is 0 Å². The van der Waals surface area contributed by atoms with Gasteiger partial charge >= 0.3 is 26.2 Å². The number of hydrogen-bond donors (Lipinski definition) is 0. The van der Waals surface area contributed by atoms with E-state index >= 15 is 0 Å². The molecule has 0 fully saturated rings. The molecule has 0 aromatic carbocycles. The van der Waals surface area contributed by atoms with E-state index in [2.05, 4.69) is 37.9 Å². The van der Waals surface area contributed by atoms with Gasteiger partial charge in [-0.25, -0.2) is 11.3 Å². The van der Waals surface area contributed by atoms with Gasteiger partial charge in [0.05, 0.1) is 0 Å². The molecule has 0 bridgehead atoms. The molecule has 0 saturated carbocycles. The maximum absolute atomic E-state index is 3.20. The van der Waals surface area contributed by atoms with Gasteiger partial charge in [0.1, 0.15) is 0 Å². The molecule has 12 heavy (non-hydrogen) atoms. The van der Waals surface area contributed by atoms with Crippen LogP contribution in [-0.4, -0.2) is 8.07 Å². The summed E-state index contributed by atoms with van der Waals surface area (Å²) in [6, 6.07) is 0.